The number of rotatable bonds is 15. The number of H-pyrrole nitrogens is 2. The fraction of sp³-hybridized carbons (Fsp3) is 0.222. The number of nitrogens with zero attached hydrogens (tertiary/aromatic N) is 7. The van der Waals surface area contributed by atoms with Crippen LogP contribution < -0.4 is 24.2 Å². The van der Waals surface area contributed by atoms with Gasteiger partial charge in [0.05, 0.1) is 65.9 Å². The number of hydrogen-bond donors (Lipinski definition) is 2. The molecule has 386 valence electrons. The molecule has 3 amide bonds. The van der Waals surface area contributed by atoms with Crippen LogP contribution in [0.1, 0.15) is 66.8 Å². The summed E-state index contributed by atoms with van der Waals surface area (Å²) in [5, 5.41) is 0. The number of ether oxygens (including phenoxy) is 2. The second kappa shape index (κ2) is 17.9. The monoisotopic (exact) mass is 1050 g/mol. The third-order valence-electron chi connectivity index (χ3n) is 13.7. The quantitative estimate of drug-likeness (QED) is 0.0760. The normalized spacial score (nSPS) is 17.9. The number of carbonyl (C=O) groups excluding carboxylic acids is 3. The number of alkyl halides is 4. The average molecular weight is 1050 g/mol. The van der Waals surface area contributed by atoms with Gasteiger partial charge in [-0.1, -0.05) is 24.3 Å². The minimum Gasteiger partial charge on any atom is -0.487 e. The van der Waals surface area contributed by atoms with Crippen molar-refractivity contribution in [3.05, 3.63) is 161 Å². The number of imidazole rings is 3. The summed E-state index contributed by atoms with van der Waals surface area (Å²) in [5.41, 5.74) is 4.24. The fourth-order valence-electron chi connectivity index (χ4n) is 10.1. The SMILES string of the molecule is CC(F)(F)COc1cc(F)c([C@H]2CC(=O)N2c2ccc3nc(CC(F)(F)COc4cc(F)c([C@@H]5CC(=O)N5c5ccc6nc(-c7ccc([C@H]8CC(=O)N8c8ccn9ccnc9c8)cc7)[nH]c6c5)c(F)c4)[nH]c3c2)c(F)c1. The van der Waals surface area contributed by atoms with E-state index >= 15 is 26.3 Å². The molecule has 12 rings (SSSR count). The molecule has 14 nitrogen and oxygen atoms in total. The molecule has 9 aromatic rings. The van der Waals surface area contributed by atoms with Crippen LogP contribution in [-0.2, 0) is 20.8 Å². The van der Waals surface area contributed by atoms with Crippen molar-refractivity contribution in [1.82, 2.24) is 29.3 Å². The van der Waals surface area contributed by atoms with Crippen molar-refractivity contribution in [2.75, 3.05) is 27.9 Å². The molecule has 2 N–H and O–H groups in total. The molecular weight excluding hydrogens is 1010 g/mol. The number of hydrogen-bond acceptors (Lipinski definition) is 8. The zero-order valence-corrected chi connectivity index (χ0v) is 39.6. The molecule has 0 saturated carbocycles. The van der Waals surface area contributed by atoms with Gasteiger partial charge in [-0.05, 0) is 48.0 Å². The highest BCUT2D eigenvalue weighted by Gasteiger charge is 2.44. The first-order valence-electron chi connectivity index (χ1n) is 23.8. The number of aromatic nitrogens is 6. The van der Waals surface area contributed by atoms with Gasteiger partial charge in [0.15, 0.2) is 13.2 Å². The minimum atomic E-state index is -3.64. The van der Waals surface area contributed by atoms with E-state index in [0.29, 0.717) is 35.9 Å². The number of anilines is 3. The second-order valence-electron chi connectivity index (χ2n) is 19.1. The van der Waals surface area contributed by atoms with Crippen LogP contribution in [0.5, 0.6) is 11.5 Å². The summed E-state index contributed by atoms with van der Waals surface area (Å²) < 4.78 is 131. The molecule has 0 bridgehead atoms. The van der Waals surface area contributed by atoms with Gasteiger partial charge >= 0.3 is 0 Å². The van der Waals surface area contributed by atoms with Crippen molar-refractivity contribution in [3.8, 4) is 22.9 Å². The Morgan fingerprint density at radius 2 is 1.11 bits per heavy atom. The van der Waals surface area contributed by atoms with Gasteiger partial charge < -0.3 is 38.5 Å². The molecule has 0 aliphatic carbocycles. The number of halogens is 8. The summed E-state index contributed by atoms with van der Waals surface area (Å²) in [7, 11) is 0. The summed E-state index contributed by atoms with van der Waals surface area (Å²) in [6.45, 7) is -1.84. The molecule has 3 aliphatic heterocycles. The average Bonchev–Trinajstić information content (AvgIpc) is 4.21. The predicted molar refractivity (Wildman–Crippen MR) is 260 cm³/mol. The first-order chi connectivity index (χ1) is 36.3. The highest BCUT2D eigenvalue weighted by atomic mass is 19.3. The molecular formula is C54H39F8N9O5. The maximum absolute atomic E-state index is 15.8. The van der Waals surface area contributed by atoms with Crippen LogP contribution in [0.25, 0.3) is 39.1 Å². The molecule has 76 heavy (non-hydrogen) atoms. The van der Waals surface area contributed by atoms with Gasteiger partial charge in [-0.2, -0.15) is 0 Å². The van der Waals surface area contributed by atoms with Crippen LogP contribution >= 0.6 is 0 Å². The maximum Gasteiger partial charge on any atom is 0.288 e. The van der Waals surface area contributed by atoms with Crippen LogP contribution in [-0.4, -0.2) is 72.1 Å². The third kappa shape index (κ3) is 8.75. The van der Waals surface area contributed by atoms with Crippen molar-refractivity contribution in [2.45, 2.75) is 62.6 Å². The van der Waals surface area contributed by atoms with Crippen LogP contribution in [0.4, 0.5) is 52.2 Å². The van der Waals surface area contributed by atoms with Gasteiger partial charge in [0, 0.05) is 89.6 Å². The van der Waals surface area contributed by atoms with Gasteiger partial charge in [0.1, 0.15) is 52.1 Å². The highest BCUT2D eigenvalue weighted by Crippen LogP contribution is 2.45. The van der Waals surface area contributed by atoms with Gasteiger partial charge in [-0.25, -0.2) is 50.1 Å². The molecule has 3 atom stereocenters. The van der Waals surface area contributed by atoms with Crippen molar-refractivity contribution in [3.63, 3.8) is 0 Å². The lowest BCUT2D eigenvalue weighted by molar-refractivity contribution is -0.125. The van der Waals surface area contributed by atoms with E-state index < -0.39 is 101 Å². The lowest BCUT2D eigenvalue weighted by atomic mass is 9.92. The van der Waals surface area contributed by atoms with Crippen LogP contribution in [0.15, 0.2) is 116 Å². The zero-order chi connectivity index (χ0) is 52.9. The Hall–Kier alpha value is -8.82. The first kappa shape index (κ1) is 48.1. The molecule has 3 saturated heterocycles. The van der Waals surface area contributed by atoms with Crippen molar-refractivity contribution in [2.24, 2.45) is 0 Å². The lowest BCUT2D eigenvalue weighted by Crippen LogP contribution is -2.47. The van der Waals surface area contributed by atoms with Gasteiger partial charge in [0.25, 0.3) is 11.8 Å². The second-order valence-corrected chi connectivity index (χ2v) is 19.1. The van der Waals surface area contributed by atoms with Crippen LogP contribution in [0, 0.1) is 23.3 Å². The number of aromatic amines is 2. The van der Waals surface area contributed by atoms with Gasteiger partial charge in [-0.3, -0.25) is 14.4 Å². The maximum atomic E-state index is 15.8. The molecule has 4 aromatic heterocycles. The van der Waals surface area contributed by atoms with Crippen LogP contribution in [0.3, 0.4) is 0 Å². The summed E-state index contributed by atoms with van der Waals surface area (Å²) >= 11 is 0. The van der Waals surface area contributed by atoms with E-state index in [4.69, 9.17) is 14.5 Å². The Morgan fingerprint density at radius 3 is 1.67 bits per heavy atom. The van der Waals surface area contributed by atoms with E-state index in [9.17, 15) is 23.2 Å². The van der Waals surface area contributed by atoms with E-state index in [-0.39, 0.29) is 47.3 Å². The molecule has 7 heterocycles. The van der Waals surface area contributed by atoms with Crippen molar-refractivity contribution >= 4 is 62.5 Å². The Kier molecular flexibility index (Phi) is 11.4. The Balaban J connectivity index is 0.689. The van der Waals surface area contributed by atoms with Gasteiger partial charge in [0.2, 0.25) is 17.7 Å². The number of carbonyl (C=O) groups is 3. The van der Waals surface area contributed by atoms with E-state index in [1.807, 2.05) is 53.2 Å². The highest BCUT2D eigenvalue weighted by molar-refractivity contribution is 6.04. The summed E-state index contributed by atoms with van der Waals surface area (Å²) in [6, 6.07) is 21.2. The number of amides is 3. The van der Waals surface area contributed by atoms with E-state index in [1.165, 1.54) is 23.1 Å². The summed E-state index contributed by atoms with van der Waals surface area (Å²) in [6.07, 6.45) is 4.20. The first-order valence-corrected chi connectivity index (χ1v) is 23.8. The molecule has 0 spiro atoms. The van der Waals surface area contributed by atoms with Crippen molar-refractivity contribution in [1.29, 1.82) is 0 Å². The summed E-state index contributed by atoms with van der Waals surface area (Å²) in [5.74, 6) is -13.0. The lowest BCUT2D eigenvalue weighted by Gasteiger charge is -2.41. The van der Waals surface area contributed by atoms with Gasteiger partial charge in [-0.15, -0.1) is 0 Å². The molecule has 0 unspecified atom stereocenters. The van der Waals surface area contributed by atoms with E-state index in [0.717, 1.165) is 51.6 Å². The fourth-order valence-corrected chi connectivity index (χ4v) is 10.1. The molecule has 0 radical (unpaired) electrons. The molecule has 22 heteroatoms. The Bertz CT molecular complexity index is 3790. The number of β-lactam (4-membered cyclic amide) rings is 3. The van der Waals surface area contributed by atoms with E-state index in [2.05, 4.69) is 19.9 Å². The Labute approximate surface area is 424 Å². The molecule has 3 fully saturated rings. The van der Waals surface area contributed by atoms with Crippen molar-refractivity contribution < 1.29 is 59.0 Å². The standard InChI is InChI=1S/C54H39F8N9O5/c1-53(59,60)25-75-32-17-34(55)50(35(56)18-32)43-22-48(73)70(43)29-6-8-38-40(14-29)65-45(64-38)24-54(61,62)26-76-33-19-36(57)51(37(58)20-33)44-23-49(74)71(44)30-7-9-39-41(15-30)67-52(66-39)28-4-2-27(3-5-28)42-21-47(72)69(42)31-10-12-68-13-11-63-46(68)16-31/h2-20,42-44H,21-26H2,1H3,(H,64,65)(H,66,67)/t42-,43-,44+/m1/s1. The molecule has 5 aromatic carbocycles. The predicted octanol–water partition coefficient (Wildman–Crippen LogP) is 11.0. The summed E-state index contributed by atoms with van der Waals surface area (Å²) in [4.78, 5) is 61.8. The largest absolute Gasteiger partial charge is 0.487 e. The smallest absolute Gasteiger partial charge is 0.288 e. The number of fused-ring (bicyclic) bond motifs is 3. The van der Waals surface area contributed by atoms with E-state index in [1.54, 1.807) is 29.3 Å². The minimum absolute atomic E-state index is 0.000509. The third-order valence-corrected chi connectivity index (χ3v) is 13.7. The number of pyridine rings is 1. The number of nitrogens with one attached hydrogen (secondary N) is 2. The van der Waals surface area contributed by atoms with Crippen LogP contribution in [0.2, 0.25) is 0 Å². The Morgan fingerprint density at radius 1 is 0.592 bits per heavy atom. The number of benzene rings is 5. The molecule has 3 aliphatic rings. The zero-order valence-electron chi connectivity index (χ0n) is 39.6. The topological polar surface area (TPSA) is 154 Å².